The molecular weight excluding hydrogens is 476 g/mol. The van der Waals surface area contributed by atoms with Gasteiger partial charge in [0.25, 0.3) is 0 Å². The predicted molar refractivity (Wildman–Crippen MR) is 105 cm³/mol. The van der Waals surface area contributed by atoms with Gasteiger partial charge in [0, 0.05) is 5.41 Å². The van der Waals surface area contributed by atoms with E-state index in [-0.39, 0.29) is 0 Å². The molecule has 0 aliphatic heterocycles. The second-order valence-corrected chi connectivity index (χ2v) is 15.5. The van der Waals surface area contributed by atoms with Crippen molar-refractivity contribution in [2.45, 2.75) is 0 Å². The van der Waals surface area contributed by atoms with Crippen LogP contribution in [0.25, 0.3) is 0 Å². The third kappa shape index (κ3) is 11.6. The van der Waals surface area contributed by atoms with Crippen molar-refractivity contribution >= 4 is 39.3 Å². The highest BCUT2D eigenvalue weighted by molar-refractivity contribution is 7.94. The molecule has 0 fully saturated rings. The van der Waals surface area contributed by atoms with E-state index < -0.39 is 117 Å². The van der Waals surface area contributed by atoms with Gasteiger partial charge >= 0.3 is 0 Å². The first-order valence-corrected chi connectivity index (χ1v) is 15.6. The molecule has 0 aromatic heterocycles. The molecule has 29 heavy (non-hydrogen) atoms. The average molecular weight is 505 g/mol. The van der Waals surface area contributed by atoms with Gasteiger partial charge in [-0.15, -0.1) is 0 Å². The largest absolute Gasteiger partial charge is 0.395 e. The minimum atomic E-state index is -4.28. The van der Waals surface area contributed by atoms with Crippen LogP contribution in [0, 0.1) is 5.41 Å². The molecule has 4 N–H and O–H groups in total. The van der Waals surface area contributed by atoms with Crippen LogP contribution in [0.2, 0.25) is 0 Å². The number of hydrogen-bond donors (Lipinski definition) is 4. The number of rotatable bonds is 16. The van der Waals surface area contributed by atoms with Crippen LogP contribution in [0.1, 0.15) is 0 Å². The molecule has 12 nitrogen and oxygen atoms in total. The van der Waals surface area contributed by atoms with Crippen molar-refractivity contribution in [1.29, 1.82) is 0 Å². The highest BCUT2D eigenvalue weighted by Crippen LogP contribution is 2.29. The number of sulfone groups is 4. The Morgan fingerprint density at radius 2 is 0.586 bits per heavy atom. The second-order valence-electron chi connectivity index (χ2n) is 6.76. The Balaban J connectivity index is 6.58. The Kier molecular flexibility index (Phi) is 11.2. The van der Waals surface area contributed by atoms with Crippen LogP contribution in [0.15, 0.2) is 0 Å². The summed E-state index contributed by atoms with van der Waals surface area (Å²) in [7, 11) is -17.1. The van der Waals surface area contributed by atoms with E-state index in [2.05, 4.69) is 0 Å². The SMILES string of the molecule is O=S(=O)(CCO)CC(CS(=O)(=O)CCO)(CS(=O)(=O)CCO)CS(=O)(=O)CCO. The molecule has 0 aromatic rings. The van der Waals surface area contributed by atoms with Gasteiger partial charge in [0.1, 0.15) is 0 Å². The van der Waals surface area contributed by atoms with Crippen LogP contribution in [-0.2, 0) is 39.3 Å². The molecule has 0 radical (unpaired) electrons. The second kappa shape index (κ2) is 11.3. The third-order valence-corrected chi connectivity index (χ3v) is 11.1. The Morgan fingerprint density at radius 1 is 0.414 bits per heavy atom. The zero-order valence-corrected chi connectivity index (χ0v) is 18.9. The van der Waals surface area contributed by atoms with Crippen molar-refractivity contribution in [3.05, 3.63) is 0 Å². The fourth-order valence-corrected chi connectivity index (χ4v) is 10.4. The zero-order valence-electron chi connectivity index (χ0n) is 15.7. The standard InChI is InChI=1S/C13H28O12S4/c14-1-5-26(18,19)9-13(10-27(20,21)6-2-15,11-28(22,23)7-3-16)12-29(24,25)8-4-17/h14-17H,1-12H2. The predicted octanol–water partition coefficient (Wildman–Crippen LogP) is -4.40. The average Bonchev–Trinajstić information content (AvgIpc) is 2.43. The molecule has 0 atom stereocenters. The maximum Gasteiger partial charge on any atom is 0.153 e. The number of hydrogen-bond acceptors (Lipinski definition) is 12. The van der Waals surface area contributed by atoms with Gasteiger partial charge < -0.3 is 20.4 Å². The molecule has 176 valence electrons. The molecule has 0 heterocycles. The molecule has 0 aliphatic rings. The first-order chi connectivity index (χ1) is 13.1. The van der Waals surface area contributed by atoms with E-state index in [1.54, 1.807) is 0 Å². The fourth-order valence-electron chi connectivity index (χ4n) is 2.96. The van der Waals surface area contributed by atoms with Gasteiger partial charge in [-0.3, -0.25) is 0 Å². The summed E-state index contributed by atoms with van der Waals surface area (Å²) in [6.45, 7) is -3.41. The Labute approximate surface area is 171 Å². The van der Waals surface area contributed by atoms with E-state index in [0.717, 1.165) is 0 Å². The summed E-state index contributed by atoms with van der Waals surface area (Å²) in [6, 6.07) is 0. The summed E-state index contributed by atoms with van der Waals surface area (Å²) in [4.78, 5) is 0. The van der Waals surface area contributed by atoms with Crippen LogP contribution in [0.4, 0.5) is 0 Å². The molecule has 0 saturated heterocycles. The van der Waals surface area contributed by atoms with Crippen molar-refractivity contribution in [2.75, 3.05) is 72.5 Å². The van der Waals surface area contributed by atoms with Gasteiger partial charge in [0.05, 0.1) is 72.5 Å². The normalized spacial score (nSPS) is 14.2. The van der Waals surface area contributed by atoms with E-state index in [4.69, 9.17) is 20.4 Å². The minimum absolute atomic E-state index is 0.852. The third-order valence-electron chi connectivity index (χ3n) is 3.71. The van der Waals surface area contributed by atoms with Crippen molar-refractivity contribution in [3.63, 3.8) is 0 Å². The maximum atomic E-state index is 12.3. The van der Waals surface area contributed by atoms with E-state index in [1.165, 1.54) is 0 Å². The van der Waals surface area contributed by atoms with Crippen molar-refractivity contribution in [2.24, 2.45) is 5.41 Å². The first kappa shape index (κ1) is 28.6. The lowest BCUT2D eigenvalue weighted by atomic mass is 9.99. The van der Waals surface area contributed by atoms with E-state index >= 15 is 0 Å². The van der Waals surface area contributed by atoms with Crippen LogP contribution in [0.5, 0.6) is 0 Å². The van der Waals surface area contributed by atoms with Gasteiger partial charge in [0.2, 0.25) is 0 Å². The molecule has 0 aliphatic carbocycles. The molecule has 0 unspecified atom stereocenters. The van der Waals surface area contributed by atoms with E-state index in [1.807, 2.05) is 0 Å². The van der Waals surface area contributed by atoms with Crippen molar-refractivity contribution in [3.8, 4) is 0 Å². The molecule has 0 saturated carbocycles. The lowest BCUT2D eigenvalue weighted by molar-refractivity contribution is 0.317. The summed E-state index contributed by atoms with van der Waals surface area (Å²) in [5.41, 5.74) is -2.36. The molecule has 0 amide bonds. The molecule has 0 spiro atoms. The Bertz CT molecular complexity index is 759. The van der Waals surface area contributed by atoms with E-state index in [9.17, 15) is 33.7 Å². The topological polar surface area (TPSA) is 217 Å². The van der Waals surface area contributed by atoms with Crippen LogP contribution >= 0.6 is 0 Å². The Hall–Kier alpha value is -0.360. The molecule has 0 bridgehead atoms. The van der Waals surface area contributed by atoms with Crippen LogP contribution in [-0.4, -0.2) is 127 Å². The van der Waals surface area contributed by atoms with Gasteiger partial charge in [0.15, 0.2) is 39.3 Å². The van der Waals surface area contributed by atoms with Gasteiger partial charge in [-0.25, -0.2) is 33.7 Å². The molecular formula is C13H28O12S4. The summed E-state index contributed by atoms with van der Waals surface area (Å²) in [5, 5.41) is 35.7. The smallest absolute Gasteiger partial charge is 0.153 e. The van der Waals surface area contributed by atoms with Gasteiger partial charge in [-0.1, -0.05) is 0 Å². The molecule has 0 rings (SSSR count). The summed E-state index contributed by atoms with van der Waals surface area (Å²) in [6.07, 6.45) is 0. The maximum absolute atomic E-state index is 12.3. The van der Waals surface area contributed by atoms with E-state index in [0.29, 0.717) is 0 Å². The quantitative estimate of drug-likeness (QED) is 0.157. The van der Waals surface area contributed by atoms with Gasteiger partial charge in [-0.05, 0) is 0 Å². The van der Waals surface area contributed by atoms with Gasteiger partial charge in [-0.2, -0.15) is 0 Å². The van der Waals surface area contributed by atoms with Crippen molar-refractivity contribution in [1.82, 2.24) is 0 Å². The lowest BCUT2D eigenvalue weighted by Crippen LogP contribution is -2.49. The summed E-state index contributed by atoms with van der Waals surface area (Å²) < 4.78 is 98.3. The number of aliphatic hydroxyl groups excluding tert-OH is 4. The number of aliphatic hydroxyl groups is 4. The summed E-state index contributed by atoms with van der Waals surface area (Å²) in [5.74, 6) is -8.13. The highest BCUT2D eigenvalue weighted by Gasteiger charge is 2.45. The van der Waals surface area contributed by atoms with Crippen molar-refractivity contribution < 1.29 is 54.1 Å². The fraction of sp³-hybridized carbons (Fsp3) is 1.00. The molecule has 16 heteroatoms. The monoisotopic (exact) mass is 504 g/mol. The zero-order chi connectivity index (χ0) is 23.0. The minimum Gasteiger partial charge on any atom is -0.395 e. The lowest BCUT2D eigenvalue weighted by Gasteiger charge is -2.32. The molecule has 0 aromatic carbocycles. The summed E-state index contributed by atoms with van der Waals surface area (Å²) >= 11 is 0. The first-order valence-electron chi connectivity index (χ1n) is 8.32. The highest BCUT2D eigenvalue weighted by atomic mass is 32.2. The Morgan fingerprint density at radius 3 is 0.724 bits per heavy atom. The van der Waals surface area contributed by atoms with Crippen LogP contribution in [0.3, 0.4) is 0 Å². The van der Waals surface area contributed by atoms with Crippen LogP contribution < -0.4 is 0 Å².